The van der Waals surface area contributed by atoms with Gasteiger partial charge in [0.15, 0.2) is 0 Å². The van der Waals surface area contributed by atoms with Gasteiger partial charge in [0.1, 0.15) is 0 Å². The molecule has 0 atom stereocenters. The molecule has 0 aliphatic heterocycles. The Labute approximate surface area is 118 Å². The maximum Gasteiger partial charge on any atom is 0.319 e. The summed E-state index contributed by atoms with van der Waals surface area (Å²) in [6, 6.07) is 5.46. The highest BCUT2D eigenvalue weighted by Gasteiger charge is 2.40. The molecule has 20 heavy (non-hydrogen) atoms. The van der Waals surface area contributed by atoms with E-state index in [-0.39, 0.29) is 12.5 Å². The van der Waals surface area contributed by atoms with Crippen LogP contribution in [0.2, 0.25) is 0 Å². The molecule has 1 aromatic carbocycles. The second-order valence-corrected chi connectivity index (χ2v) is 5.55. The van der Waals surface area contributed by atoms with Crippen molar-refractivity contribution in [1.29, 1.82) is 0 Å². The smallest absolute Gasteiger partial charge is 0.319 e. The number of anilines is 1. The molecule has 1 aliphatic rings. The van der Waals surface area contributed by atoms with Gasteiger partial charge in [-0.25, -0.2) is 4.79 Å². The molecule has 108 valence electrons. The molecule has 5 heteroatoms. The van der Waals surface area contributed by atoms with E-state index in [0.29, 0.717) is 0 Å². The number of aliphatic carboxylic acids is 1. The van der Waals surface area contributed by atoms with Crippen molar-refractivity contribution >= 4 is 17.7 Å². The van der Waals surface area contributed by atoms with Crippen LogP contribution in [0.4, 0.5) is 10.5 Å². The van der Waals surface area contributed by atoms with Crippen molar-refractivity contribution in [3.63, 3.8) is 0 Å². The molecule has 2 amide bonds. The van der Waals surface area contributed by atoms with Crippen LogP contribution in [0.3, 0.4) is 0 Å². The zero-order chi connectivity index (χ0) is 14.8. The van der Waals surface area contributed by atoms with Gasteiger partial charge in [-0.15, -0.1) is 0 Å². The van der Waals surface area contributed by atoms with Crippen molar-refractivity contribution in [3.8, 4) is 0 Å². The third kappa shape index (κ3) is 3.10. The van der Waals surface area contributed by atoms with Crippen LogP contribution in [-0.2, 0) is 4.79 Å². The molecule has 3 N–H and O–H groups in total. The number of aryl methyl sites for hydroxylation is 2. The number of benzene rings is 1. The monoisotopic (exact) mass is 276 g/mol. The van der Waals surface area contributed by atoms with Crippen molar-refractivity contribution in [3.05, 3.63) is 29.3 Å². The molecule has 1 saturated carbocycles. The number of carbonyl (C=O) groups is 2. The minimum Gasteiger partial charge on any atom is -0.481 e. The summed E-state index contributed by atoms with van der Waals surface area (Å²) in [6.07, 6.45) is 2.38. The summed E-state index contributed by atoms with van der Waals surface area (Å²) in [5.74, 6) is -0.878. The molecule has 0 aromatic heterocycles. The molecule has 0 saturated heterocycles. The molecular formula is C15H20N2O3. The van der Waals surface area contributed by atoms with Crippen LogP contribution in [0.1, 0.15) is 36.8 Å². The van der Waals surface area contributed by atoms with Gasteiger partial charge < -0.3 is 15.7 Å². The summed E-state index contributed by atoms with van der Waals surface area (Å²) in [4.78, 5) is 23.0. The minimum atomic E-state index is -0.878. The maximum absolute atomic E-state index is 12.1. The lowest BCUT2D eigenvalue weighted by Crippen LogP contribution is -2.55. The Bertz CT molecular complexity index is 516. The number of carboxylic acid groups (broad SMARTS) is 1. The zero-order valence-electron chi connectivity index (χ0n) is 11.8. The molecule has 1 aliphatic carbocycles. The number of hydrogen-bond acceptors (Lipinski definition) is 2. The molecule has 0 spiro atoms. The third-order valence-corrected chi connectivity index (χ3v) is 3.90. The van der Waals surface area contributed by atoms with Gasteiger partial charge in [-0.2, -0.15) is 0 Å². The zero-order valence-corrected chi connectivity index (χ0v) is 11.8. The first kappa shape index (κ1) is 14.4. The third-order valence-electron chi connectivity index (χ3n) is 3.90. The normalized spacial score (nSPS) is 16.1. The highest BCUT2D eigenvalue weighted by molar-refractivity contribution is 5.92. The van der Waals surface area contributed by atoms with Crippen LogP contribution in [-0.4, -0.2) is 22.6 Å². The van der Waals surface area contributed by atoms with Crippen LogP contribution in [0.15, 0.2) is 18.2 Å². The average Bonchev–Trinajstić information content (AvgIpc) is 2.30. The first-order valence-electron chi connectivity index (χ1n) is 6.79. The predicted octanol–water partition coefficient (Wildman–Crippen LogP) is 2.82. The van der Waals surface area contributed by atoms with Gasteiger partial charge in [-0.1, -0.05) is 18.2 Å². The number of carboxylic acids is 1. The fraction of sp³-hybridized carbons (Fsp3) is 0.467. The molecule has 0 unspecified atom stereocenters. The van der Waals surface area contributed by atoms with E-state index in [2.05, 4.69) is 10.6 Å². The molecule has 2 rings (SSSR count). The SMILES string of the molecule is Cc1cccc(C)c1NC(=O)NC1(CC(=O)O)CCC1. The number of carbonyl (C=O) groups excluding carboxylic acids is 1. The van der Waals surface area contributed by atoms with E-state index < -0.39 is 11.5 Å². The Morgan fingerprint density at radius 1 is 1.25 bits per heavy atom. The van der Waals surface area contributed by atoms with E-state index in [4.69, 9.17) is 5.11 Å². The average molecular weight is 276 g/mol. The molecule has 1 fully saturated rings. The summed E-state index contributed by atoms with van der Waals surface area (Å²) in [7, 11) is 0. The molecular weight excluding hydrogens is 256 g/mol. The molecule has 1 aromatic rings. The van der Waals surface area contributed by atoms with Gasteiger partial charge in [0.05, 0.1) is 12.0 Å². The van der Waals surface area contributed by atoms with Gasteiger partial charge in [-0.3, -0.25) is 4.79 Å². The van der Waals surface area contributed by atoms with E-state index in [1.807, 2.05) is 32.0 Å². The largest absolute Gasteiger partial charge is 0.481 e. The van der Waals surface area contributed by atoms with Crippen LogP contribution < -0.4 is 10.6 Å². The maximum atomic E-state index is 12.1. The fourth-order valence-corrected chi connectivity index (χ4v) is 2.64. The number of urea groups is 1. The molecule has 0 heterocycles. The highest BCUT2D eigenvalue weighted by Crippen LogP contribution is 2.35. The van der Waals surface area contributed by atoms with Crippen LogP contribution in [0.25, 0.3) is 0 Å². The van der Waals surface area contributed by atoms with Gasteiger partial charge in [-0.05, 0) is 44.2 Å². The number of hydrogen-bond donors (Lipinski definition) is 3. The first-order chi connectivity index (χ1) is 9.42. The van der Waals surface area contributed by atoms with Crippen LogP contribution in [0.5, 0.6) is 0 Å². The fourth-order valence-electron chi connectivity index (χ4n) is 2.64. The molecule has 5 nitrogen and oxygen atoms in total. The van der Waals surface area contributed by atoms with E-state index in [1.165, 1.54) is 0 Å². The summed E-state index contributed by atoms with van der Waals surface area (Å²) < 4.78 is 0. The first-order valence-corrected chi connectivity index (χ1v) is 6.79. The van der Waals surface area contributed by atoms with Gasteiger partial charge in [0.25, 0.3) is 0 Å². The number of amides is 2. The lowest BCUT2D eigenvalue weighted by atomic mass is 9.74. The number of para-hydroxylation sites is 1. The van der Waals surface area contributed by atoms with Gasteiger partial charge in [0, 0.05) is 5.69 Å². The second kappa shape index (κ2) is 5.53. The summed E-state index contributed by atoms with van der Waals surface area (Å²) in [5, 5.41) is 14.6. The van der Waals surface area contributed by atoms with Crippen LogP contribution in [0, 0.1) is 13.8 Å². The second-order valence-electron chi connectivity index (χ2n) is 5.55. The number of nitrogens with one attached hydrogen (secondary N) is 2. The number of rotatable bonds is 4. The van der Waals surface area contributed by atoms with Gasteiger partial charge >= 0.3 is 12.0 Å². The Kier molecular flexibility index (Phi) is 3.97. The van der Waals surface area contributed by atoms with Crippen molar-refractivity contribution in [2.24, 2.45) is 0 Å². The van der Waals surface area contributed by atoms with E-state index in [9.17, 15) is 9.59 Å². The van der Waals surface area contributed by atoms with Crippen molar-refractivity contribution in [2.45, 2.75) is 45.1 Å². The summed E-state index contributed by atoms with van der Waals surface area (Å²) in [5.41, 5.74) is 2.18. The lowest BCUT2D eigenvalue weighted by Gasteiger charge is -2.41. The lowest BCUT2D eigenvalue weighted by molar-refractivity contribution is -0.139. The van der Waals surface area contributed by atoms with Crippen molar-refractivity contribution < 1.29 is 14.7 Å². The topological polar surface area (TPSA) is 78.4 Å². The van der Waals surface area contributed by atoms with Crippen molar-refractivity contribution in [2.75, 3.05) is 5.32 Å². The van der Waals surface area contributed by atoms with E-state index >= 15 is 0 Å². The summed E-state index contributed by atoms with van der Waals surface area (Å²) >= 11 is 0. The Morgan fingerprint density at radius 2 is 1.85 bits per heavy atom. The Morgan fingerprint density at radius 3 is 2.30 bits per heavy atom. The predicted molar refractivity (Wildman–Crippen MR) is 76.9 cm³/mol. The highest BCUT2D eigenvalue weighted by atomic mass is 16.4. The van der Waals surface area contributed by atoms with E-state index in [0.717, 1.165) is 36.1 Å². The van der Waals surface area contributed by atoms with Crippen LogP contribution >= 0.6 is 0 Å². The summed E-state index contributed by atoms with van der Waals surface area (Å²) in [6.45, 7) is 3.86. The standard InChI is InChI=1S/C15H20N2O3/c1-10-5-3-6-11(2)13(10)16-14(20)17-15(7-4-8-15)9-12(18)19/h3,5-6H,4,7-9H2,1-2H3,(H,18,19)(H2,16,17,20). The molecule has 0 radical (unpaired) electrons. The van der Waals surface area contributed by atoms with Crippen molar-refractivity contribution in [1.82, 2.24) is 5.32 Å². The quantitative estimate of drug-likeness (QED) is 0.791. The molecule has 0 bridgehead atoms. The Balaban J connectivity index is 2.04. The van der Waals surface area contributed by atoms with E-state index in [1.54, 1.807) is 0 Å². The minimum absolute atomic E-state index is 0.0207. The van der Waals surface area contributed by atoms with Gasteiger partial charge in [0.2, 0.25) is 0 Å². The Hall–Kier alpha value is -2.04.